The number of hydrogen-bond acceptors (Lipinski definition) is 3. The van der Waals surface area contributed by atoms with Gasteiger partial charge in [0.25, 0.3) is 0 Å². The van der Waals surface area contributed by atoms with Crippen molar-refractivity contribution in [3.05, 3.63) is 29.8 Å². The summed E-state index contributed by atoms with van der Waals surface area (Å²) in [5.74, 6) is 0.333. The second-order valence-corrected chi connectivity index (χ2v) is 3.47. The molecule has 0 spiro atoms. The Labute approximate surface area is 94.8 Å². The van der Waals surface area contributed by atoms with Crippen LogP contribution in [0.25, 0.3) is 0 Å². The first-order chi connectivity index (χ1) is 7.54. The van der Waals surface area contributed by atoms with Crippen LogP contribution >= 0.6 is 0 Å². The molecule has 0 unspecified atom stereocenters. The number of hydrogen-bond donors (Lipinski definition) is 0. The van der Waals surface area contributed by atoms with Crippen LogP contribution in [-0.2, 0) is 0 Å². The maximum Gasteiger partial charge on any atom is 0.414 e. The van der Waals surface area contributed by atoms with Crippen LogP contribution in [0.15, 0.2) is 24.3 Å². The number of nitrogens with zero attached hydrogens (tertiary/aromatic N) is 1. The summed E-state index contributed by atoms with van der Waals surface area (Å²) in [7, 11) is 1.65. The summed E-state index contributed by atoms with van der Waals surface area (Å²) < 4.78 is 5.09. The quantitative estimate of drug-likeness (QED) is 0.736. The van der Waals surface area contributed by atoms with E-state index in [-0.39, 0.29) is 5.78 Å². The molecule has 0 aliphatic carbocycles. The van der Waals surface area contributed by atoms with Gasteiger partial charge in [0, 0.05) is 19.2 Å². The number of carbonyl (C=O) groups excluding carboxylic acids is 2. The Kier molecular flexibility index (Phi) is 4.05. The van der Waals surface area contributed by atoms with Gasteiger partial charge in [0.15, 0.2) is 5.78 Å². The molecule has 0 aliphatic rings. The van der Waals surface area contributed by atoms with Crippen LogP contribution in [-0.4, -0.2) is 30.4 Å². The van der Waals surface area contributed by atoms with Crippen molar-refractivity contribution in [2.45, 2.75) is 13.8 Å². The van der Waals surface area contributed by atoms with E-state index >= 15 is 0 Å². The number of ketones is 1. The number of rotatable bonds is 3. The highest BCUT2D eigenvalue weighted by atomic mass is 16.6. The highest BCUT2D eigenvalue weighted by molar-refractivity contribution is 5.94. The van der Waals surface area contributed by atoms with Gasteiger partial charge >= 0.3 is 6.09 Å². The van der Waals surface area contributed by atoms with Crippen molar-refractivity contribution in [3.63, 3.8) is 0 Å². The molecule has 0 bridgehead atoms. The molecule has 0 saturated carbocycles. The molecule has 0 aliphatic heterocycles. The van der Waals surface area contributed by atoms with Crippen molar-refractivity contribution in [2.75, 3.05) is 13.6 Å². The summed E-state index contributed by atoms with van der Waals surface area (Å²) in [4.78, 5) is 24.0. The fourth-order valence-corrected chi connectivity index (χ4v) is 1.09. The molecule has 1 aromatic carbocycles. The molecule has 86 valence electrons. The van der Waals surface area contributed by atoms with E-state index in [9.17, 15) is 9.59 Å². The minimum atomic E-state index is -0.428. The molecule has 0 fully saturated rings. The van der Waals surface area contributed by atoms with E-state index in [0.717, 1.165) is 0 Å². The third kappa shape index (κ3) is 3.08. The minimum Gasteiger partial charge on any atom is -0.410 e. The topological polar surface area (TPSA) is 46.6 Å². The van der Waals surface area contributed by atoms with Crippen molar-refractivity contribution in [1.82, 2.24) is 4.90 Å². The molecule has 4 nitrogen and oxygen atoms in total. The van der Waals surface area contributed by atoms with E-state index in [1.54, 1.807) is 31.3 Å². The SMILES string of the molecule is CCN(C)C(=O)Oc1cccc(C(C)=O)c1. The maximum absolute atomic E-state index is 11.4. The number of ether oxygens (including phenoxy) is 1. The second kappa shape index (κ2) is 5.30. The number of carbonyl (C=O) groups is 2. The molecule has 1 aromatic rings. The van der Waals surface area contributed by atoms with E-state index in [2.05, 4.69) is 0 Å². The first-order valence-corrected chi connectivity index (χ1v) is 5.08. The van der Waals surface area contributed by atoms with Gasteiger partial charge in [-0.15, -0.1) is 0 Å². The average molecular weight is 221 g/mol. The van der Waals surface area contributed by atoms with Crippen molar-refractivity contribution in [2.24, 2.45) is 0 Å². The first-order valence-electron chi connectivity index (χ1n) is 5.08. The van der Waals surface area contributed by atoms with Crippen molar-refractivity contribution >= 4 is 11.9 Å². The summed E-state index contributed by atoms with van der Waals surface area (Å²) in [6, 6.07) is 6.58. The number of Topliss-reactive ketones (excluding diaryl/α,β-unsaturated/α-hetero) is 1. The zero-order valence-electron chi connectivity index (χ0n) is 9.69. The lowest BCUT2D eigenvalue weighted by molar-refractivity contribution is 0.101. The lowest BCUT2D eigenvalue weighted by atomic mass is 10.1. The molecule has 0 atom stereocenters. The Bertz CT molecular complexity index is 401. The molecular weight excluding hydrogens is 206 g/mol. The van der Waals surface area contributed by atoms with Gasteiger partial charge in [-0.25, -0.2) is 4.79 Å². The molecule has 0 aromatic heterocycles. The summed E-state index contributed by atoms with van der Waals surface area (Å²) in [5.41, 5.74) is 0.532. The molecule has 0 radical (unpaired) electrons. The molecule has 0 saturated heterocycles. The van der Waals surface area contributed by atoms with Crippen LogP contribution in [0.4, 0.5) is 4.79 Å². The van der Waals surface area contributed by atoms with Gasteiger partial charge in [-0.05, 0) is 26.0 Å². The van der Waals surface area contributed by atoms with Crippen LogP contribution < -0.4 is 4.74 Å². The monoisotopic (exact) mass is 221 g/mol. The van der Waals surface area contributed by atoms with Crippen LogP contribution in [0.3, 0.4) is 0 Å². The van der Waals surface area contributed by atoms with Gasteiger partial charge in [0.05, 0.1) is 0 Å². The summed E-state index contributed by atoms with van der Waals surface area (Å²) in [6.45, 7) is 3.90. The second-order valence-electron chi connectivity index (χ2n) is 3.47. The summed E-state index contributed by atoms with van der Waals surface area (Å²) in [6.07, 6.45) is -0.428. The van der Waals surface area contributed by atoms with Gasteiger partial charge in [0.1, 0.15) is 5.75 Å². The molecule has 4 heteroatoms. The largest absolute Gasteiger partial charge is 0.414 e. The molecular formula is C12H15NO3. The molecule has 1 rings (SSSR count). The Morgan fingerprint density at radius 2 is 2.06 bits per heavy atom. The Morgan fingerprint density at radius 3 is 2.62 bits per heavy atom. The maximum atomic E-state index is 11.4. The van der Waals surface area contributed by atoms with E-state index in [1.165, 1.54) is 11.8 Å². The van der Waals surface area contributed by atoms with Crippen LogP contribution in [0.1, 0.15) is 24.2 Å². The fourth-order valence-electron chi connectivity index (χ4n) is 1.09. The third-order valence-corrected chi connectivity index (χ3v) is 2.23. The predicted octanol–water partition coefficient (Wildman–Crippen LogP) is 2.34. The highest BCUT2D eigenvalue weighted by Crippen LogP contribution is 2.14. The first kappa shape index (κ1) is 12.2. The van der Waals surface area contributed by atoms with Crippen molar-refractivity contribution in [1.29, 1.82) is 0 Å². The van der Waals surface area contributed by atoms with E-state index in [1.807, 2.05) is 6.92 Å². The highest BCUT2D eigenvalue weighted by Gasteiger charge is 2.09. The Hall–Kier alpha value is -1.84. The molecule has 16 heavy (non-hydrogen) atoms. The van der Waals surface area contributed by atoms with Crippen LogP contribution in [0.5, 0.6) is 5.75 Å². The van der Waals surface area contributed by atoms with E-state index in [4.69, 9.17) is 4.74 Å². The van der Waals surface area contributed by atoms with Gasteiger partial charge in [-0.3, -0.25) is 4.79 Å². The van der Waals surface area contributed by atoms with Gasteiger partial charge in [-0.2, -0.15) is 0 Å². The Balaban J connectivity index is 2.78. The lowest BCUT2D eigenvalue weighted by Crippen LogP contribution is -2.29. The normalized spacial score (nSPS) is 9.69. The summed E-state index contributed by atoms with van der Waals surface area (Å²) >= 11 is 0. The molecule has 0 N–H and O–H groups in total. The third-order valence-electron chi connectivity index (χ3n) is 2.23. The Morgan fingerprint density at radius 1 is 1.38 bits per heavy atom. The van der Waals surface area contributed by atoms with Crippen molar-refractivity contribution < 1.29 is 14.3 Å². The molecule has 0 heterocycles. The predicted molar refractivity (Wildman–Crippen MR) is 60.8 cm³/mol. The zero-order chi connectivity index (χ0) is 12.1. The van der Waals surface area contributed by atoms with Crippen LogP contribution in [0.2, 0.25) is 0 Å². The summed E-state index contributed by atoms with van der Waals surface area (Å²) in [5, 5.41) is 0. The number of benzene rings is 1. The molecule has 1 amide bonds. The van der Waals surface area contributed by atoms with Crippen LogP contribution in [0, 0.1) is 0 Å². The van der Waals surface area contributed by atoms with Gasteiger partial charge in [0.2, 0.25) is 0 Å². The standard InChI is InChI=1S/C12H15NO3/c1-4-13(3)12(15)16-11-7-5-6-10(8-11)9(2)14/h5-8H,4H2,1-3H3. The van der Waals surface area contributed by atoms with Crippen molar-refractivity contribution in [3.8, 4) is 5.75 Å². The van der Waals surface area contributed by atoms with Gasteiger partial charge < -0.3 is 9.64 Å². The van der Waals surface area contributed by atoms with E-state index < -0.39 is 6.09 Å². The minimum absolute atomic E-state index is 0.0539. The lowest BCUT2D eigenvalue weighted by Gasteiger charge is -2.14. The van der Waals surface area contributed by atoms with Gasteiger partial charge in [-0.1, -0.05) is 12.1 Å². The smallest absolute Gasteiger partial charge is 0.410 e. The zero-order valence-corrected chi connectivity index (χ0v) is 9.69. The average Bonchev–Trinajstić information content (AvgIpc) is 2.28. The van der Waals surface area contributed by atoms with E-state index in [0.29, 0.717) is 17.9 Å². The fraction of sp³-hybridized carbons (Fsp3) is 0.333. The number of amides is 1.